The highest BCUT2D eigenvalue weighted by Gasteiger charge is 2.10. The summed E-state index contributed by atoms with van der Waals surface area (Å²) in [5, 5.41) is 12.5. The van der Waals surface area contributed by atoms with Crippen LogP contribution in [0.3, 0.4) is 0 Å². The Morgan fingerprint density at radius 1 is 1.17 bits per heavy atom. The first-order valence-electron chi connectivity index (χ1n) is 5.54. The average Bonchev–Trinajstić information content (AvgIpc) is 2.46. The summed E-state index contributed by atoms with van der Waals surface area (Å²) in [6.45, 7) is -0.0357. The van der Waals surface area contributed by atoms with E-state index < -0.39 is 0 Å². The zero-order valence-corrected chi connectivity index (χ0v) is 9.74. The second-order valence-electron chi connectivity index (χ2n) is 3.72. The molecule has 0 saturated carbocycles. The second-order valence-corrected chi connectivity index (χ2v) is 3.72. The second kappa shape index (κ2) is 5.95. The van der Waals surface area contributed by atoms with Crippen LogP contribution >= 0.6 is 0 Å². The number of hydrazine groups is 1. The van der Waals surface area contributed by atoms with E-state index in [0.29, 0.717) is 11.6 Å². The number of anilines is 2. The molecule has 94 valence electrons. The summed E-state index contributed by atoms with van der Waals surface area (Å²) in [5.74, 6) is 6.28. The number of benzene rings is 1. The molecule has 0 bridgehead atoms. The number of rotatable bonds is 5. The summed E-state index contributed by atoms with van der Waals surface area (Å²) in [7, 11) is 0. The third kappa shape index (κ3) is 2.93. The summed E-state index contributed by atoms with van der Waals surface area (Å²) in [4.78, 5) is 8.17. The Kier molecular flexibility index (Phi) is 4.06. The lowest BCUT2D eigenvalue weighted by Crippen LogP contribution is -2.17. The SMILES string of the molecule is NNc1cncc(NC(CO)c2ccccc2)n1. The van der Waals surface area contributed by atoms with Crippen LogP contribution in [0.25, 0.3) is 0 Å². The Balaban J connectivity index is 2.15. The smallest absolute Gasteiger partial charge is 0.160 e. The first kappa shape index (κ1) is 12.3. The van der Waals surface area contributed by atoms with Gasteiger partial charge in [-0.05, 0) is 5.56 Å². The summed E-state index contributed by atoms with van der Waals surface area (Å²) in [6.07, 6.45) is 3.09. The standard InChI is InChI=1S/C12H15N5O/c13-17-12-7-14-6-11(16-12)15-10(8-18)9-4-2-1-3-5-9/h1-7,10,18H,8,13H2,(H2,15,16,17). The molecule has 0 radical (unpaired) electrons. The average molecular weight is 245 g/mol. The van der Waals surface area contributed by atoms with E-state index in [4.69, 9.17) is 5.84 Å². The molecule has 0 saturated heterocycles. The van der Waals surface area contributed by atoms with Gasteiger partial charge in [0.2, 0.25) is 0 Å². The number of nitrogens with two attached hydrogens (primary N) is 1. The van der Waals surface area contributed by atoms with E-state index in [9.17, 15) is 5.11 Å². The number of aliphatic hydroxyl groups excluding tert-OH is 1. The Morgan fingerprint density at radius 2 is 1.89 bits per heavy atom. The molecule has 2 rings (SSSR count). The van der Waals surface area contributed by atoms with Gasteiger partial charge >= 0.3 is 0 Å². The normalized spacial score (nSPS) is 11.9. The highest BCUT2D eigenvalue weighted by atomic mass is 16.3. The Labute approximate surface area is 105 Å². The minimum absolute atomic E-state index is 0.0357. The highest BCUT2D eigenvalue weighted by molar-refractivity contribution is 5.42. The largest absolute Gasteiger partial charge is 0.394 e. The number of hydrogen-bond acceptors (Lipinski definition) is 6. The van der Waals surface area contributed by atoms with Crippen molar-refractivity contribution < 1.29 is 5.11 Å². The monoisotopic (exact) mass is 245 g/mol. The fourth-order valence-electron chi connectivity index (χ4n) is 1.60. The van der Waals surface area contributed by atoms with E-state index in [2.05, 4.69) is 20.7 Å². The first-order chi connectivity index (χ1) is 8.83. The number of nitrogens with zero attached hydrogens (tertiary/aromatic N) is 2. The molecule has 0 spiro atoms. The van der Waals surface area contributed by atoms with Gasteiger partial charge in [0.05, 0.1) is 25.0 Å². The van der Waals surface area contributed by atoms with Crippen LogP contribution in [-0.2, 0) is 0 Å². The third-order valence-corrected chi connectivity index (χ3v) is 2.49. The van der Waals surface area contributed by atoms with Gasteiger partial charge in [0.25, 0.3) is 0 Å². The van der Waals surface area contributed by atoms with Crippen LogP contribution < -0.4 is 16.6 Å². The lowest BCUT2D eigenvalue weighted by Gasteiger charge is -2.17. The van der Waals surface area contributed by atoms with Gasteiger partial charge in [-0.25, -0.2) is 10.8 Å². The van der Waals surface area contributed by atoms with Gasteiger partial charge in [-0.3, -0.25) is 4.98 Å². The molecule has 6 nitrogen and oxygen atoms in total. The molecule has 1 aromatic carbocycles. The molecule has 0 fully saturated rings. The number of aliphatic hydroxyl groups is 1. The number of nitrogen functional groups attached to an aromatic ring is 1. The van der Waals surface area contributed by atoms with Crippen molar-refractivity contribution in [3.8, 4) is 0 Å². The van der Waals surface area contributed by atoms with E-state index in [-0.39, 0.29) is 12.6 Å². The maximum absolute atomic E-state index is 9.42. The molecule has 0 aliphatic heterocycles. The summed E-state index contributed by atoms with van der Waals surface area (Å²) < 4.78 is 0. The van der Waals surface area contributed by atoms with Crippen LogP contribution in [0.2, 0.25) is 0 Å². The third-order valence-electron chi connectivity index (χ3n) is 2.49. The van der Waals surface area contributed by atoms with E-state index in [0.717, 1.165) is 5.56 Å². The van der Waals surface area contributed by atoms with Crippen molar-refractivity contribution in [3.63, 3.8) is 0 Å². The minimum atomic E-state index is -0.228. The molecule has 6 heteroatoms. The zero-order valence-electron chi connectivity index (χ0n) is 9.74. The van der Waals surface area contributed by atoms with Crippen molar-refractivity contribution in [3.05, 3.63) is 48.3 Å². The van der Waals surface area contributed by atoms with E-state index in [1.807, 2.05) is 30.3 Å². The van der Waals surface area contributed by atoms with E-state index in [1.54, 1.807) is 6.20 Å². The van der Waals surface area contributed by atoms with Gasteiger partial charge in [0, 0.05) is 0 Å². The van der Waals surface area contributed by atoms with Crippen molar-refractivity contribution in [1.29, 1.82) is 0 Å². The fourth-order valence-corrected chi connectivity index (χ4v) is 1.60. The topological polar surface area (TPSA) is 96.1 Å². The Bertz CT molecular complexity index is 491. The Hall–Kier alpha value is -2.18. The molecule has 0 amide bonds. The summed E-state index contributed by atoms with van der Waals surface area (Å²) in [6, 6.07) is 9.41. The first-order valence-corrected chi connectivity index (χ1v) is 5.54. The van der Waals surface area contributed by atoms with Crippen molar-refractivity contribution in [2.75, 3.05) is 17.3 Å². The van der Waals surface area contributed by atoms with Gasteiger partial charge in [-0.2, -0.15) is 0 Å². The van der Waals surface area contributed by atoms with Gasteiger partial charge in [-0.15, -0.1) is 0 Å². The van der Waals surface area contributed by atoms with Gasteiger partial charge in [0.1, 0.15) is 5.82 Å². The quantitative estimate of drug-likeness (QED) is 0.462. The summed E-state index contributed by atoms with van der Waals surface area (Å²) in [5.41, 5.74) is 3.40. The maximum atomic E-state index is 9.42. The van der Waals surface area contributed by atoms with E-state index in [1.165, 1.54) is 6.20 Å². The van der Waals surface area contributed by atoms with Crippen LogP contribution in [0.1, 0.15) is 11.6 Å². The molecule has 0 aliphatic rings. The van der Waals surface area contributed by atoms with Crippen LogP contribution in [0.15, 0.2) is 42.7 Å². The zero-order chi connectivity index (χ0) is 12.8. The van der Waals surface area contributed by atoms with E-state index >= 15 is 0 Å². The molecule has 1 heterocycles. The number of hydrogen-bond donors (Lipinski definition) is 4. The molecule has 0 aliphatic carbocycles. The number of nitrogens with one attached hydrogen (secondary N) is 2. The lowest BCUT2D eigenvalue weighted by atomic mass is 10.1. The van der Waals surface area contributed by atoms with Crippen LogP contribution in [0.4, 0.5) is 11.6 Å². The summed E-state index contributed by atoms with van der Waals surface area (Å²) >= 11 is 0. The molecule has 1 unspecified atom stereocenters. The van der Waals surface area contributed by atoms with Gasteiger partial charge in [0.15, 0.2) is 5.82 Å². The van der Waals surface area contributed by atoms with Crippen LogP contribution in [-0.4, -0.2) is 21.7 Å². The maximum Gasteiger partial charge on any atom is 0.160 e. The Morgan fingerprint density at radius 3 is 2.56 bits per heavy atom. The molecule has 2 aromatic rings. The minimum Gasteiger partial charge on any atom is -0.394 e. The predicted octanol–water partition coefficient (Wildman–Crippen LogP) is 0.908. The fraction of sp³-hybridized carbons (Fsp3) is 0.167. The van der Waals surface area contributed by atoms with Crippen molar-refractivity contribution >= 4 is 11.6 Å². The van der Waals surface area contributed by atoms with Gasteiger partial charge in [-0.1, -0.05) is 30.3 Å². The molecule has 5 N–H and O–H groups in total. The van der Waals surface area contributed by atoms with Crippen molar-refractivity contribution in [1.82, 2.24) is 9.97 Å². The van der Waals surface area contributed by atoms with Crippen molar-refractivity contribution in [2.45, 2.75) is 6.04 Å². The van der Waals surface area contributed by atoms with Gasteiger partial charge < -0.3 is 15.8 Å². The molecular formula is C12H15N5O. The molecule has 1 aromatic heterocycles. The lowest BCUT2D eigenvalue weighted by molar-refractivity contribution is 0.276. The van der Waals surface area contributed by atoms with Crippen LogP contribution in [0, 0.1) is 0 Å². The van der Waals surface area contributed by atoms with Crippen LogP contribution in [0.5, 0.6) is 0 Å². The molecular weight excluding hydrogens is 230 g/mol. The highest BCUT2D eigenvalue weighted by Crippen LogP contribution is 2.17. The molecule has 1 atom stereocenters. The predicted molar refractivity (Wildman–Crippen MR) is 69.7 cm³/mol. The van der Waals surface area contributed by atoms with Crippen molar-refractivity contribution in [2.24, 2.45) is 5.84 Å². The molecule has 18 heavy (non-hydrogen) atoms. The number of aromatic nitrogens is 2.